The van der Waals surface area contributed by atoms with E-state index in [0.29, 0.717) is 23.7 Å². The van der Waals surface area contributed by atoms with Crippen LogP contribution in [0.15, 0.2) is 158 Å². The van der Waals surface area contributed by atoms with Crippen molar-refractivity contribution in [3.8, 4) is 11.5 Å². The van der Waals surface area contributed by atoms with E-state index in [1.807, 2.05) is 24.3 Å². The Bertz CT molecular complexity index is 1770. The quantitative estimate of drug-likeness (QED) is 0.136. The first-order chi connectivity index (χ1) is 26.3. The van der Waals surface area contributed by atoms with Crippen molar-refractivity contribution in [2.75, 3.05) is 0 Å². The molecule has 290 valence electrons. The smallest absolute Gasteiger partial charge is 0.127 e. The van der Waals surface area contributed by atoms with E-state index < -0.39 is 0 Å². The molecule has 0 spiro atoms. The third-order valence-corrected chi connectivity index (χ3v) is 9.14. The van der Waals surface area contributed by atoms with Crippen molar-refractivity contribution in [1.29, 1.82) is 0 Å². The van der Waals surface area contributed by atoms with Gasteiger partial charge in [0.2, 0.25) is 0 Å². The molecule has 0 N–H and O–H groups in total. The van der Waals surface area contributed by atoms with Crippen LogP contribution in [0.4, 0.5) is 0 Å². The van der Waals surface area contributed by atoms with Gasteiger partial charge in [0.05, 0.1) is 0 Å². The maximum absolute atomic E-state index is 5.85. The molecular formula is C54H68O. The van der Waals surface area contributed by atoms with Crippen LogP contribution < -0.4 is 4.74 Å². The summed E-state index contributed by atoms with van der Waals surface area (Å²) in [5.41, 5.74) is 11.1. The summed E-state index contributed by atoms with van der Waals surface area (Å²) in [6.07, 6.45) is 2.06. The molecule has 0 saturated carbocycles. The van der Waals surface area contributed by atoms with Gasteiger partial charge in [0.25, 0.3) is 0 Å². The summed E-state index contributed by atoms with van der Waals surface area (Å²) in [6, 6.07) is 55.6. The number of ether oxygens (including phenoxy) is 1. The minimum absolute atomic E-state index is 0.555. The molecule has 6 aromatic carbocycles. The zero-order valence-electron chi connectivity index (χ0n) is 35.7. The van der Waals surface area contributed by atoms with Crippen LogP contribution in [-0.2, 0) is 12.8 Å². The largest absolute Gasteiger partial charge is 0.457 e. The molecule has 0 aliphatic heterocycles. The van der Waals surface area contributed by atoms with Gasteiger partial charge >= 0.3 is 0 Å². The van der Waals surface area contributed by atoms with Crippen molar-refractivity contribution in [3.63, 3.8) is 0 Å². The van der Waals surface area contributed by atoms with Crippen molar-refractivity contribution < 1.29 is 4.74 Å². The molecule has 6 aromatic rings. The van der Waals surface area contributed by atoms with E-state index in [1.54, 1.807) is 0 Å². The summed E-state index contributed by atoms with van der Waals surface area (Å²) >= 11 is 0. The van der Waals surface area contributed by atoms with E-state index in [1.165, 1.54) is 44.5 Å². The normalized spacial score (nSPS) is 10.7. The predicted octanol–water partition coefficient (Wildman–Crippen LogP) is 16.2. The summed E-state index contributed by atoms with van der Waals surface area (Å²) in [5, 5.41) is 0. The Hall–Kier alpha value is -4.88. The molecule has 0 bridgehead atoms. The average molecular weight is 733 g/mol. The number of rotatable bonds is 10. The van der Waals surface area contributed by atoms with Crippen LogP contribution in [0.25, 0.3) is 0 Å². The molecule has 55 heavy (non-hydrogen) atoms. The Morgan fingerprint density at radius 1 is 0.327 bits per heavy atom. The maximum Gasteiger partial charge on any atom is 0.127 e. The highest BCUT2D eigenvalue weighted by Gasteiger charge is 2.07. The lowest BCUT2D eigenvalue weighted by atomic mass is 9.92. The minimum atomic E-state index is 0.555. The van der Waals surface area contributed by atoms with Gasteiger partial charge in [-0.1, -0.05) is 210 Å². The lowest BCUT2D eigenvalue weighted by Crippen LogP contribution is -1.97. The Balaban J connectivity index is 0.000000214. The maximum atomic E-state index is 5.85. The van der Waals surface area contributed by atoms with Gasteiger partial charge in [-0.2, -0.15) is 0 Å². The monoisotopic (exact) mass is 733 g/mol. The van der Waals surface area contributed by atoms with Gasteiger partial charge in [0.1, 0.15) is 11.5 Å². The second-order valence-electron chi connectivity index (χ2n) is 16.4. The molecule has 1 heteroatoms. The van der Waals surface area contributed by atoms with Crippen molar-refractivity contribution in [2.45, 2.75) is 113 Å². The van der Waals surface area contributed by atoms with Gasteiger partial charge in [-0.15, -0.1) is 0 Å². The molecular weight excluding hydrogens is 665 g/mol. The molecule has 0 fully saturated rings. The van der Waals surface area contributed by atoms with E-state index in [4.69, 9.17) is 4.74 Å². The third kappa shape index (κ3) is 17.0. The molecule has 0 heterocycles. The Morgan fingerprint density at radius 3 is 1.02 bits per heavy atom. The highest BCUT2D eigenvalue weighted by Crippen LogP contribution is 2.26. The molecule has 6 rings (SSSR count). The standard InChI is InChI=1S/C19H24.C18H22O.C13H12.C4H10/c1-14(2)17-11-9-16(10-12-17)13-18-7-5-6-8-19(18)15(3)4;1-13(2)15-5-9-17(10-6-15)19-18-11-7-16(8-12-18)14(3)4;1-3-7-12(8-4-1)11-13-9-5-2-6-10-13;1-4(2)3/h5-12,14-15H,13H2,1-4H3;5-14H,1-4H3;1-10H,11H2;4H,1-3H3. The van der Waals surface area contributed by atoms with Crippen molar-refractivity contribution in [3.05, 3.63) is 202 Å². The average Bonchev–Trinajstić information content (AvgIpc) is 3.17. The second kappa shape index (κ2) is 23.8. The van der Waals surface area contributed by atoms with Gasteiger partial charge in [-0.05, 0) is 111 Å². The molecule has 0 aromatic heterocycles. The lowest BCUT2D eigenvalue weighted by Gasteiger charge is -2.13. The first-order valence-corrected chi connectivity index (χ1v) is 20.4. The molecule has 1 nitrogen and oxygen atoms in total. The lowest BCUT2D eigenvalue weighted by molar-refractivity contribution is 0.482. The molecule has 0 aliphatic carbocycles. The third-order valence-electron chi connectivity index (χ3n) is 9.14. The second-order valence-corrected chi connectivity index (χ2v) is 16.4. The van der Waals surface area contributed by atoms with Crippen LogP contribution in [0.3, 0.4) is 0 Å². The van der Waals surface area contributed by atoms with Crippen LogP contribution in [0.2, 0.25) is 0 Å². The Kier molecular flexibility index (Phi) is 19.3. The van der Waals surface area contributed by atoms with E-state index in [-0.39, 0.29) is 0 Å². The van der Waals surface area contributed by atoms with Crippen LogP contribution in [-0.4, -0.2) is 0 Å². The fraction of sp³-hybridized carbons (Fsp3) is 0.333. The highest BCUT2D eigenvalue weighted by atomic mass is 16.5. The SMILES string of the molecule is CC(C)C.CC(C)c1ccc(Cc2ccccc2C(C)C)cc1.CC(C)c1ccc(Oc2ccc(C(C)C)cc2)cc1.c1ccc(Cc2ccccc2)cc1. The topological polar surface area (TPSA) is 9.23 Å². The number of hydrogen-bond acceptors (Lipinski definition) is 1. The van der Waals surface area contributed by atoms with Crippen molar-refractivity contribution in [2.24, 2.45) is 5.92 Å². The molecule has 0 atom stereocenters. The van der Waals surface area contributed by atoms with Crippen LogP contribution in [0, 0.1) is 5.92 Å². The molecule has 0 amide bonds. The van der Waals surface area contributed by atoms with E-state index >= 15 is 0 Å². The predicted molar refractivity (Wildman–Crippen MR) is 241 cm³/mol. The minimum Gasteiger partial charge on any atom is -0.457 e. The summed E-state index contributed by atoms with van der Waals surface area (Å²) < 4.78 is 5.85. The van der Waals surface area contributed by atoms with Gasteiger partial charge in [0.15, 0.2) is 0 Å². The summed E-state index contributed by atoms with van der Waals surface area (Å²) in [4.78, 5) is 0. The molecule has 0 aliphatic rings. The molecule has 0 unspecified atom stereocenters. The zero-order chi connectivity index (χ0) is 40.2. The Morgan fingerprint density at radius 2 is 0.655 bits per heavy atom. The van der Waals surface area contributed by atoms with Crippen molar-refractivity contribution >= 4 is 0 Å². The fourth-order valence-electron chi connectivity index (χ4n) is 5.90. The Labute approximate surface area is 335 Å². The van der Waals surface area contributed by atoms with Gasteiger partial charge in [-0.25, -0.2) is 0 Å². The van der Waals surface area contributed by atoms with E-state index in [2.05, 4.69) is 210 Å². The summed E-state index contributed by atoms with van der Waals surface area (Å²) in [7, 11) is 0. The number of hydrogen-bond donors (Lipinski definition) is 0. The van der Waals surface area contributed by atoms with E-state index in [0.717, 1.165) is 30.3 Å². The van der Waals surface area contributed by atoms with Crippen LogP contribution in [0.5, 0.6) is 11.5 Å². The van der Waals surface area contributed by atoms with E-state index in [9.17, 15) is 0 Å². The zero-order valence-corrected chi connectivity index (χ0v) is 35.7. The van der Waals surface area contributed by atoms with Crippen LogP contribution >= 0.6 is 0 Å². The molecule has 0 saturated heterocycles. The summed E-state index contributed by atoms with van der Waals surface area (Å²) in [5.74, 6) is 4.92. The first-order valence-electron chi connectivity index (χ1n) is 20.4. The van der Waals surface area contributed by atoms with Crippen LogP contribution in [0.1, 0.15) is 144 Å². The van der Waals surface area contributed by atoms with Gasteiger partial charge in [-0.3, -0.25) is 0 Å². The number of benzene rings is 6. The summed E-state index contributed by atoms with van der Waals surface area (Å²) in [6.45, 7) is 24.3. The van der Waals surface area contributed by atoms with Gasteiger partial charge < -0.3 is 4.74 Å². The molecule has 0 radical (unpaired) electrons. The highest BCUT2D eigenvalue weighted by molar-refractivity contribution is 5.37. The fourth-order valence-corrected chi connectivity index (χ4v) is 5.90. The van der Waals surface area contributed by atoms with Gasteiger partial charge in [0, 0.05) is 0 Å². The first kappa shape index (κ1) is 44.5. The van der Waals surface area contributed by atoms with Crippen molar-refractivity contribution in [1.82, 2.24) is 0 Å².